The van der Waals surface area contributed by atoms with Gasteiger partial charge in [0.2, 0.25) is 0 Å². The van der Waals surface area contributed by atoms with Crippen LogP contribution in [0.2, 0.25) is 0 Å². The Morgan fingerprint density at radius 3 is 1.39 bits per heavy atom. The Hall–Kier alpha value is -6.23. The Labute approximate surface area is 288 Å². The molecule has 0 bridgehead atoms. The van der Waals surface area contributed by atoms with Gasteiger partial charge in [-0.05, 0) is 51.6 Å². The smallest absolute Gasteiger partial charge is 0.164 e. The first-order valence-corrected chi connectivity index (χ1v) is 17.2. The Morgan fingerprint density at radius 1 is 0.306 bits per heavy atom. The molecule has 2 heterocycles. The number of aromatic nitrogens is 3. The molecule has 2 aromatic heterocycles. The second kappa shape index (κ2) is 12.4. The van der Waals surface area contributed by atoms with E-state index in [2.05, 4.69) is 140 Å². The molecule has 0 atom stereocenters. The van der Waals surface area contributed by atoms with Crippen LogP contribution in [0, 0.1) is 0 Å². The third-order valence-corrected chi connectivity index (χ3v) is 10.1. The summed E-state index contributed by atoms with van der Waals surface area (Å²) in [6.07, 6.45) is 0. The molecule has 0 aliphatic heterocycles. The van der Waals surface area contributed by atoms with Crippen molar-refractivity contribution in [2.24, 2.45) is 0 Å². The highest BCUT2D eigenvalue weighted by atomic mass is 32.1. The van der Waals surface area contributed by atoms with Crippen molar-refractivity contribution in [2.45, 2.75) is 0 Å². The maximum Gasteiger partial charge on any atom is 0.164 e. The molecular formula is C45H29N3S. The number of nitrogens with zero attached hydrogens (tertiary/aromatic N) is 3. The summed E-state index contributed by atoms with van der Waals surface area (Å²) in [6, 6.07) is 61.6. The zero-order chi connectivity index (χ0) is 32.6. The first-order valence-electron chi connectivity index (χ1n) is 16.4. The van der Waals surface area contributed by atoms with E-state index in [-0.39, 0.29) is 0 Å². The molecular weight excluding hydrogens is 615 g/mol. The van der Waals surface area contributed by atoms with Crippen LogP contribution in [-0.4, -0.2) is 15.0 Å². The summed E-state index contributed by atoms with van der Waals surface area (Å²) in [4.78, 5) is 14.9. The predicted molar refractivity (Wildman–Crippen MR) is 205 cm³/mol. The normalized spacial score (nSPS) is 11.3. The number of fused-ring (bicyclic) bond motifs is 3. The van der Waals surface area contributed by atoms with Crippen LogP contribution >= 0.6 is 11.3 Å². The zero-order valence-corrected chi connectivity index (χ0v) is 27.3. The van der Waals surface area contributed by atoms with Crippen LogP contribution in [0.5, 0.6) is 0 Å². The monoisotopic (exact) mass is 643 g/mol. The van der Waals surface area contributed by atoms with E-state index in [1.165, 1.54) is 42.4 Å². The lowest BCUT2D eigenvalue weighted by Crippen LogP contribution is -2.00. The quantitative estimate of drug-likeness (QED) is 0.181. The summed E-state index contributed by atoms with van der Waals surface area (Å²) in [7, 11) is 0. The molecule has 4 heteroatoms. The molecule has 0 radical (unpaired) electrons. The number of hydrogen-bond acceptors (Lipinski definition) is 4. The van der Waals surface area contributed by atoms with Crippen LogP contribution < -0.4 is 0 Å². The van der Waals surface area contributed by atoms with Crippen molar-refractivity contribution in [2.75, 3.05) is 0 Å². The molecule has 0 N–H and O–H groups in total. The van der Waals surface area contributed by atoms with Crippen LogP contribution in [-0.2, 0) is 0 Å². The second-order valence-electron chi connectivity index (χ2n) is 12.1. The van der Waals surface area contributed by atoms with Gasteiger partial charge in [-0.3, -0.25) is 0 Å². The van der Waals surface area contributed by atoms with Crippen molar-refractivity contribution in [3.8, 4) is 67.5 Å². The van der Waals surface area contributed by atoms with Gasteiger partial charge >= 0.3 is 0 Å². The van der Waals surface area contributed by atoms with Gasteiger partial charge in [-0.15, -0.1) is 11.3 Å². The highest BCUT2D eigenvalue weighted by Gasteiger charge is 2.14. The first-order chi connectivity index (χ1) is 24.3. The summed E-state index contributed by atoms with van der Waals surface area (Å²) in [5, 5.41) is 2.64. The maximum absolute atomic E-state index is 4.99. The van der Waals surface area contributed by atoms with E-state index in [4.69, 9.17) is 15.0 Å². The summed E-state index contributed by atoms with van der Waals surface area (Å²) in [5.41, 5.74) is 9.95. The SMILES string of the molecule is c1ccc(-c2ccc(-c3nc(-c4ccccc4)nc(-c4ccc(-c5cccc(-c6cccc7sc8ccccc8c67)c5)cc4)n3)cc2)cc1. The van der Waals surface area contributed by atoms with Crippen molar-refractivity contribution in [3.05, 3.63) is 176 Å². The molecule has 7 aromatic carbocycles. The Balaban J connectivity index is 1.08. The molecule has 9 aromatic rings. The molecule has 0 aliphatic carbocycles. The highest BCUT2D eigenvalue weighted by molar-refractivity contribution is 7.25. The molecule has 0 unspecified atom stereocenters. The van der Waals surface area contributed by atoms with E-state index < -0.39 is 0 Å². The summed E-state index contributed by atoms with van der Waals surface area (Å²) in [5.74, 6) is 1.95. The Kier molecular flexibility index (Phi) is 7.34. The molecule has 0 saturated heterocycles. The average Bonchev–Trinajstić information content (AvgIpc) is 3.58. The van der Waals surface area contributed by atoms with Gasteiger partial charge in [0, 0.05) is 36.9 Å². The van der Waals surface area contributed by atoms with Crippen LogP contribution in [0.3, 0.4) is 0 Å². The van der Waals surface area contributed by atoms with E-state index in [9.17, 15) is 0 Å². The van der Waals surface area contributed by atoms with Gasteiger partial charge in [0.25, 0.3) is 0 Å². The maximum atomic E-state index is 4.99. The fourth-order valence-electron chi connectivity index (χ4n) is 6.49. The Morgan fingerprint density at radius 2 is 0.735 bits per heavy atom. The molecule has 0 fully saturated rings. The standard InChI is InChI=1S/C45H29N3S/c1-3-11-30(12-4-1)31-21-25-34(26-22-31)44-46-43(33-13-5-2-6-14-33)47-45(48-44)35-27-23-32(24-28-35)36-15-9-16-37(29-36)38-18-10-20-41-42(38)39-17-7-8-19-40(39)49-41/h1-29H. The van der Waals surface area contributed by atoms with E-state index in [0.29, 0.717) is 17.5 Å². The Bertz CT molecular complexity index is 2570. The lowest BCUT2D eigenvalue weighted by molar-refractivity contribution is 1.07. The topological polar surface area (TPSA) is 38.7 Å². The van der Waals surface area contributed by atoms with E-state index in [1.807, 2.05) is 47.7 Å². The fourth-order valence-corrected chi connectivity index (χ4v) is 7.62. The number of benzene rings is 7. The van der Waals surface area contributed by atoms with E-state index in [0.717, 1.165) is 27.8 Å². The first kappa shape index (κ1) is 29.0. The number of hydrogen-bond donors (Lipinski definition) is 0. The van der Waals surface area contributed by atoms with Gasteiger partial charge in [0.15, 0.2) is 17.5 Å². The van der Waals surface area contributed by atoms with E-state index in [1.54, 1.807) is 0 Å². The van der Waals surface area contributed by atoms with Crippen molar-refractivity contribution < 1.29 is 0 Å². The highest BCUT2D eigenvalue weighted by Crippen LogP contribution is 2.40. The number of thiophene rings is 1. The van der Waals surface area contributed by atoms with Crippen LogP contribution in [0.4, 0.5) is 0 Å². The minimum absolute atomic E-state index is 0.646. The third-order valence-electron chi connectivity index (χ3n) is 8.97. The summed E-state index contributed by atoms with van der Waals surface area (Å²) >= 11 is 1.85. The molecule has 3 nitrogen and oxygen atoms in total. The van der Waals surface area contributed by atoms with Gasteiger partial charge in [0.05, 0.1) is 0 Å². The molecule has 9 rings (SSSR count). The van der Waals surface area contributed by atoms with Gasteiger partial charge < -0.3 is 0 Å². The van der Waals surface area contributed by atoms with Crippen LogP contribution in [0.25, 0.3) is 87.7 Å². The summed E-state index contributed by atoms with van der Waals surface area (Å²) < 4.78 is 2.63. The van der Waals surface area contributed by atoms with Crippen molar-refractivity contribution in [1.29, 1.82) is 0 Å². The zero-order valence-electron chi connectivity index (χ0n) is 26.5. The molecule has 0 saturated carbocycles. The second-order valence-corrected chi connectivity index (χ2v) is 13.1. The molecule has 0 aliphatic rings. The summed E-state index contributed by atoms with van der Waals surface area (Å²) in [6.45, 7) is 0. The number of rotatable bonds is 6. The minimum atomic E-state index is 0.646. The molecule has 49 heavy (non-hydrogen) atoms. The van der Waals surface area contributed by atoms with Gasteiger partial charge in [-0.1, -0.05) is 158 Å². The lowest BCUT2D eigenvalue weighted by atomic mass is 9.95. The largest absolute Gasteiger partial charge is 0.208 e. The van der Waals surface area contributed by atoms with Gasteiger partial charge in [-0.25, -0.2) is 15.0 Å². The van der Waals surface area contributed by atoms with Gasteiger partial charge in [0.1, 0.15) is 0 Å². The third kappa shape index (κ3) is 5.58. The van der Waals surface area contributed by atoms with Crippen molar-refractivity contribution in [3.63, 3.8) is 0 Å². The molecule has 0 spiro atoms. The predicted octanol–water partition coefficient (Wildman–Crippen LogP) is 12.2. The average molecular weight is 644 g/mol. The van der Waals surface area contributed by atoms with Crippen molar-refractivity contribution in [1.82, 2.24) is 15.0 Å². The molecule has 0 amide bonds. The lowest BCUT2D eigenvalue weighted by Gasteiger charge is -2.10. The fraction of sp³-hybridized carbons (Fsp3) is 0. The minimum Gasteiger partial charge on any atom is -0.208 e. The van der Waals surface area contributed by atoms with Crippen LogP contribution in [0.1, 0.15) is 0 Å². The van der Waals surface area contributed by atoms with Crippen molar-refractivity contribution >= 4 is 31.5 Å². The van der Waals surface area contributed by atoms with Crippen LogP contribution in [0.15, 0.2) is 176 Å². The van der Waals surface area contributed by atoms with E-state index >= 15 is 0 Å². The molecule has 230 valence electrons. The van der Waals surface area contributed by atoms with Gasteiger partial charge in [-0.2, -0.15) is 0 Å².